The summed E-state index contributed by atoms with van der Waals surface area (Å²) in [7, 11) is 0. The Morgan fingerprint density at radius 3 is 2.65 bits per heavy atom. The standard InChI is InChI=1S/C21H21FN6O3/c22-13-5-7-15(8-6-13)28-18(19(23)29)12-17(26-28)20(30)25-14-3-1-4-16(11-14)27-10-2-9-24-21(27)31/h1,3-8,11,18H,2,9-10,12H2,(H2,23,29)(H,24,31)(H,25,30). The van der Waals surface area contributed by atoms with Gasteiger partial charge in [-0.15, -0.1) is 0 Å². The van der Waals surface area contributed by atoms with E-state index in [2.05, 4.69) is 15.7 Å². The fraction of sp³-hybridized carbons (Fsp3) is 0.238. The number of amides is 4. The van der Waals surface area contributed by atoms with Gasteiger partial charge in [0, 0.05) is 30.9 Å². The molecular formula is C21H21FN6O3. The molecule has 0 aliphatic carbocycles. The Bertz CT molecular complexity index is 1060. The summed E-state index contributed by atoms with van der Waals surface area (Å²) in [5, 5.41) is 11.1. The maximum absolute atomic E-state index is 13.2. The number of nitrogens with zero attached hydrogens (tertiary/aromatic N) is 3. The summed E-state index contributed by atoms with van der Waals surface area (Å²) >= 11 is 0. The molecule has 160 valence electrons. The molecule has 1 saturated heterocycles. The van der Waals surface area contributed by atoms with Gasteiger partial charge in [-0.05, 0) is 48.9 Å². The minimum Gasteiger partial charge on any atom is -0.368 e. The number of rotatable bonds is 5. The Labute approximate surface area is 177 Å². The van der Waals surface area contributed by atoms with Crippen molar-refractivity contribution >= 4 is 40.6 Å². The van der Waals surface area contributed by atoms with Crippen molar-refractivity contribution in [3.63, 3.8) is 0 Å². The third kappa shape index (κ3) is 4.32. The number of urea groups is 1. The van der Waals surface area contributed by atoms with E-state index < -0.39 is 23.7 Å². The zero-order chi connectivity index (χ0) is 22.0. The summed E-state index contributed by atoms with van der Waals surface area (Å²) in [5.41, 5.74) is 7.20. The maximum atomic E-state index is 13.2. The monoisotopic (exact) mass is 424 g/mol. The lowest BCUT2D eigenvalue weighted by atomic mass is 10.1. The van der Waals surface area contributed by atoms with Crippen LogP contribution in [0, 0.1) is 5.82 Å². The molecule has 2 aliphatic rings. The molecule has 1 unspecified atom stereocenters. The molecule has 0 spiro atoms. The number of halogens is 1. The second-order valence-electron chi connectivity index (χ2n) is 7.23. The van der Waals surface area contributed by atoms with Crippen molar-refractivity contribution in [2.75, 3.05) is 28.3 Å². The normalized spacial score (nSPS) is 18.4. The van der Waals surface area contributed by atoms with Crippen LogP contribution in [0.15, 0.2) is 53.6 Å². The minimum atomic E-state index is -0.852. The zero-order valence-electron chi connectivity index (χ0n) is 16.5. The summed E-state index contributed by atoms with van der Waals surface area (Å²) < 4.78 is 13.2. The van der Waals surface area contributed by atoms with Crippen LogP contribution < -0.4 is 26.3 Å². The first-order valence-electron chi connectivity index (χ1n) is 9.81. The van der Waals surface area contributed by atoms with Gasteiger partial charge in [-0.3, -0.25) is 19.5 Å². The number of nitrogens with one attached hydrogen (secondary N) is 2. The molecule has 4 amide bonds. The van der Waals surface area contributed by atoms with E-state index in [0.717, 1.165) is 6.42 Å². The van der Waals surface area contributed by atoms with Crippen LogP contribution in [-0.2, 0) is 9.59 Å². The number of carbonyl (C=O) groups is 3. The second-order valence-corrected chi connectivity index (χ2v) is 7.23. The largest absolute Gasteiger partial charge is 0.368 e. The van der Waals surface area contributed by atoms with E-state index in [-0.39, 0.29) is 18.2 Å². The van der Waals surface area contributed by atoms with Crippen LogP contribution in [0.2, 0.25) is 0 Å². The third-order valence-electron chi connectivity index (χ3n) is 5.09. The SMILES string of the molecule is NC(=O)C1CC(C(=O)Nc2cccc(N3CCCNC3=O)c2)=NN1c1ccc(F)cc1. The summed E-state index contributed by atoms with van der Waals surface area (Å²) in [6.45, 7) is 1.22. The van der Waals surface area contributed by atoms with Crippen molar-refractivity contribution in [2.24, 2.45) is 10.8 Å². The number of hydrogen-bond donors (Lipinski definition) is 3. The topological polar surface area (TPSA) is 120 Å². The van der Waals surface area contributed by atoms with Gasteiger partial charge < -0.3 is 16.4 Å². The first-order valence-corrected chi connectivity index (χ1v) is 9.81. The highest BCUT2D eigenvalue weighted by atomic mass is 19.1. The van der Waals surface area contributed by atoms with Gasteiger partial charge in [-0.1, -0.05) is 6.07 Å². The fourth-order valence-corrected chi connectivity index (χ4v) is 3.53. The van der Waals surface area contributed by atoms with Gasteiger partial charge >= 0.3 is 6.03 Å². The number of primary amides is 1. The van der Waals surface area contributed by atoms with Crippen LogP contribution in [0.3, 0.4) is 0 Å². The molecule has 0 aromatic heterocycles. The maximum Gasteiger partial charge on any atom is 0.321 e. The smallest absolute Gasteiger partial charge is 0.321 e. The van der Waals surface area contributed by atoms with Crippen molar-refractivity contribution in [1.82, 2.24) is 5.32 Å². The van der Waals surface area contributed by atoms with Crippen molar-refractivity contribution in [3.8, 4) is 0 Å². The van der Waals surface area contributed by atoms with Gasteiger partial charge in [-0.2, -0.15) is 5.10 Å². The lowest BCUT2D eigenvalue weighted by Crippen LogP contribution is -2.46. The van der Waals surface area contributed by atoms with Gasteiger partial charge in [0.15, 0.2) is 0 Å². The van der Waals surface area contributed by atoms with Crippen LogP contribution in [0.1, 0.15) is 12.8 Å². The summed E-state index contributed by atoms with van der Waals surface area (Å²) in [6.07, 6.45) is 0.847. The van der Waals surface area contributed by atoms with Crippen LogP contribution in [0.5, 0.6) is 0 Å². The fourth-order valence-electron chi connectivity index (χ4n) is 3.53. The average molecular weight is 424 g/mol. The lowest BCUT2D eigenvalue weighted by molar-refractivity contribution is -0.119. The first kappa shape index (κ1) is 20.3. The molecule has 4 rings (SSSR count). The second kappa shape index (κ2) is 8.42. The molecule has 2 aliphatic heterocycles. The van der Waals surface area contributed by atoms with Crippen LogP contribution in [0.4, 0.5) is 26.2 Å². The number of carbonyl (C=O) groups excluding carboxylic acids is 3. The molecule has 31 heavy (non-hydrogen) atoms. The van der Waals surface area contributed by atoms with Crippen molar-refractivity contribution in [3.05, 3.63) is 54.3 Å². The predicted molar refractivity (Wildman–Crippen MR) is 114 cm³/mol. The minimum absolute atomic E-state index is 0.0206. The molecule has 4 N–H and O–H groups in total. The van der Waals surface area contributed by atoms with E-state index in [0.29, 0.717) is 30.2 Å². The highest BCUT2D eigenvalue weighted by Crippen LogP contribution is 2.26. The number of hydrazone groups is 1. The highest BCUT2D eigenvalue weighted by molar-refractivity contribution is 6.44. The Balaban J connectivity index is 1.52. The third-order valence-corrected chi connectivity index (χ3v) is 5.09. The van der Waals surface area contributed by atoms with E-state index in [1.807, 2.05) is 0 Å². The van der Waals surface area contributed by atoms with E-state index in [4.69, 9.17) is 5.73 Å². The Morgan fingerprint density at radius 2 is 1.94 bits per heavy atom. The molecule has 2 aromatic rings. The highest BCUT2D eigenvalue weighted by Gasteiger charge is 2.35. The molecule has 0 radical (unpaired) electrons. The summed E-state index contributed by atoms with van der Waals surface area (Å²) in [6, 6.07) is 11.3. The van der Waals surface area contributed by atoms with E-state index in [1.165, 1.54) is 29.3 Å². The Morgan fingerprint density at radius 1 is 1.16 bits per heavy atom. The number of hydrogen-bond acceptors (Lipinski definition) is 5. The number of anilines is 3. The Hall–Kier alpha value is -3.95. The van der Waals surface area contributed by atoms with E-state index in [9.17, 15) is 18.8 Å². The van der Waals surface area contributed by atoms with E-state index >= 15 is 0 Å². The van der Waals surface area contributed by atoms with E-state index in [1.54, 1.807) is 29.2 Å². The number of nitrogens with two attached hydrogens (primary N) is 1. The molecule has 1 atom stereocenters. The first-order chi connectivity index (χ1) is 14.9. The molecule has 2 aromatic carbocycles. The molecule has 10 heteroatoms. The van der Waals surface area contributed by atoms with Gasteiger partial charge in [0.25, 0.3) is 5.91 Å². The zero-order valence-corrected chi connectivity index (χ0v) is 16.5. The number of benzene rings is 2. The van der Waals surface area contributed by atoms with Gasteiger partial charge in [-0.25, -0.2) is 9.18 Å². The quantitative estimate of drug-likeness (QED) is 0.678. The Kier molecular flexibility index (Phi) is 5.52. The average Bonchev–Trinajstić information content (AvgIpc) is 3.21. The van der Waals surface area contributed by atoms with Crippen LogP contribution >= 0.6 is 0 Å². The van der Waals surface area contributed by atoms with Crippen molar-refractivity contribution in [1.29, 1.82) is 0 Å². The summed E-state index contributed by atoms with van der Waals surface area (Å²) in [5.74, 6) is -1.56. The predicted octanol–water partition coefficient (Wildman–Crippen LogP) is 1.80. The van der Waals surface area contributed by atoms with Gasteiger partial charge in [0.2, 0.25) is 5.91 Å². The van der Waals surface area contributed by atoms with Crippen LogP contribution in [-0.4, -0.2) is 42.7 Å². The molecule has 1 fully saturated rings. The van der Waals surface area contributed by atoms with Crippen molar-refractivity contribution < 1.29 is 18.8 Å². The van der Waals surface area contributed by atoms with Gasteiger partial charge in [0.05, 0.1) is 5.69 Å². The van der Waals surface area contributed by atoms with Gasteiger partial charge in [0.1, 0.15) is 17.6 Å². The van der Waals surface area contributed by atoms with Crippen molar-refractivity contribution in [2.45, 2.75) is 18.9 Å². The van der Waals surface area contributed by atoms with Crippen LogP contribution in [0.25, 0.3) is 0 Å². The molecular weight excluding hydrogens is 403 g/mol. The molecule has 9 nitrogen and oxygen atoms in total. The molecule has 2 heterocycles. The molecule has 0 bridgehead atoms. The summed E-state index contributed by atoms with van der Waals surface area (Å²) in [4.78, 5) is 38.3. The lowest BCUT2D eigenvalue weighted by Gasteiger charge is -2.27. The molecule has 0 saturated carbocycles.